The third-order valence-electron chi connectivity index (χ3n) is 5.37. The Bertz CT molecular complexity index is 822. The molecule has 1 atom stereocenters. The molecule has 0 amide bonds. The van der Waals surface area contributed by atoms with Crippen molar-refractivity contribution in [1.82, 2.24) is 14.9 Å². The van der Waals surface area contributed by atoms with Crippen molar-refractivity contribution >= 4 is 11.5 Å². The van der Waals surface area contributed by atoms with Crippen LogP contribution in [-0.2, 0) is 17.7 Å². The zero-order chi connectivity index (χ0) is 18.3. The summed E-state index contributed by atoms with van der Waals surface area (Å²) < 4.78 is 5.63. The summed E-state index contributed by atoms with van der Waals surface area (Å²) >= 11 is 0. The molecule has 0 saturated carbocycles. The van der Waals surface area contributed by atoms with Gasteiger partial charge in [0.15, 0.2) is 5.82 Å². The number of ether oxygens (including phenoxy) is 1. The average molecular weight is 353 g/mol. The van der Waals surface area contributed by atoms with Crippen molar-refractivity contribution in [3.63, 3.8) is 0 Å². The number of rotatable bonds is 2. The Morgan fingerprint density at radius 1 is 1.23 bits per heavy atom. The van der Waals surface area contributed by atoms with Gasteiger partial charge in [0, 0.05) is 36.4 Å². The molecule has 1 saturated heterocycles. The monoisotopic (exact) mass is 353 g/mol. The predicted octanol–water partition coefficient (Wildman–Crippen LogP) is 2.25. The molecule has 0 spiro atoms. The summed E-state index contributed by atoms with van der Waals surface area (Å²) in [5.74, 6) is 1.88. The molecule has 1 fully saturated rings. The first kappa shape index (κ1) is 17.2. The van der Waals surface area contributed by atoms with Gasteiger partial charge < -0.3 is 20.3 Å². The van der Waals surface area contributed by atoms with Gasteiger partial charge in [-0.1, -0.05) is 0 Å². The molecule has 6 heteroatoms. The van der Waals surface area contributed by atoms with E-state index in [0.29, 0.717) is 6.04 Å². The fraction of sp³-hybridized carbons (Fsp3) is 0.500. The predicted molar refractivity (Wildman–Crippen MR) is 104 cm³/mol. The maximum Gasteiger partial charge on any atom is 0.162 e. The number of nitrogens with zero attached hydrogens (tertiary/aromatic N) is 4. The summed E-state index contributed by atoms with van der Waals surface area (Å²) in [6.45, 7) is 8.55. The largest absolute Gasteiger partial charge is 0.399 e. The van der Waals surface area contributed by atoms with Crippen LogP contribution in [0.2, 0.25) is 0 Å². The fourth-order valence-corrected chi connectivity index (χ4v) is 3.88. The van der Waals surface area contributed by atoms with Crippen LogP contribution < -0.4 is 10.6 Å². The van der Waals surface area contributed by atoms with Crippen LogP contribution in [0.4, 0.5) is 11.5 Å². The summed E-state index contributed by atoms with van der Waals surface area (Å²) in [7, 11) is 2.15. The number of hydrogen-bond donors (Lipinski definition) is 1. The van der Waals surface area contributed by atoms with Gasteiger partial charge in [-0.3, -0.25) is 0 Å². The van der Waals surface area contributed by atoms with Gasteiger partial charge in [-0.2, -0.15) is 0 Å². The van der Waals surface area contributed by atoms with Gasteiger partial charge in [-0.15, -0.1) is 0 Å². The molecule has 138 valence electrons. The van der Waals surface area contributed by atoms with E-state index in [1.165, 1.54) is 5.56 Å². The molecule has 1 unspecified atom stereocenters. The summed E-state index contributed by atoms with van der Waals surface area (Å²) in [4.78, 5) is 14.7. The second-order valence-corrected chi connectivity index (χ2v) is 7.48. The number of aryl methyl sites for hydroxylation is 1. The van der Waals surface area contributed by atoms with Crippen LogP contribution in [0.3, 0.4) is 0 Å². The standard InChI is InChI=1S/C20H27N5O/c1-13-10-15(21)4-5-16(13)19-22-18-11-24(3)7-6-17(18)20(23-19)25-8-9-26-12-14(25)2/h4-5,10,14H,6-9,11-12,21H2,1-3H3. The first-order chi connectivity index (χ1) is 12.5. The summed E-state index contributed by atoms with van der Waals surface area (Å²) in [6, 6.07) is 6.27. The van der Waals surface area contributed by atoms with E-state index in [2.05, 4.69) is 30.7 Å². The average Bonchev–Trinajstić information content (AvgIpc) is 2.61. The molecule has 6 nitrogen and oxygen atoms in total. The van der Waals surface area contributed by atoms with Crippen molar-refractivity contribution in [2.24, 2.45) is 0 Å². The minimum Gasteiger partial charge on any atom is -0.399 e. The van der Waals surface area contributed by atoms with Crippen molar-refractivity contribution in [3.05, 3.63) is 35.0 Å². The Kier molecular flexibility index (Phi) is 4.54. The normalized spacial score (nSPS) is 20.9. The van der Waals surface area contributed by atoms with Gasteiger partial charge in [0.05, 0.1) is 24.9 Å². The number of fused-ring (bicyclic) bond motifs is 1. The van der Waals surface area contributed by atoms with Crippen LogP contribution in [0, 0.1) is 6.92 Å². The lowest BCUT2D eigenvalue weighted by atomic mass is 10.0. The molecule has 3 heterocycles. The molecular weight excluding hydrogens is 326 g/mol. The number of benzene rings is 1. The number of anilines is 2. The lowest BCUT2D eigenvalue weighted by molar-refractivity contribution is 0.0983. The molecule has 1 aromatic heterocycles. The fourth-order valence-electron chi connectivity index (χ4n) is 3.88. The molecule has 2 aromatic rings. The van der Waals surface area contributed by atoms with E-state index >= 15 is 0 Å². The maximum atomic E-state index is 5.93. The zero-order valence-corrected chi connectivity index (χ0v) is 15.8. The van der Waals surface area contributed by atoms with Crippen molar-refractivity contribution in [1.29, 1.82) is 0 Å². The van der Waals surface area contributed by atoms with Crippen LogP contribution in [0.25, 0.3) is 11.4 Å². The number of morpholine rings is 1. The number of hydrogen-bond acceptors (Lipinski definition) is 6. The second-order valence-electron chi connectivity index (χ2n) is 7.48. The lowest BCUT2D eigenvalue weighted by Gasteiger charge is -2.37. The third-order valence-corrected chi connectivity index (χ3v) is 5.37. The van der Waals surface area contributed by atoms with Gasteiger partial charge in [-0.25, -0.2) is 9.97 Å². The van der Waals surface area contributed by atoms with Gasteiger partial charge >= 0.3 is 0 Å². The molecule has 2 aliphatic rings. The third kappa shape index (κ3) is 3.15. The Balaban J connectivity index is 1.85. The molecule has 26 heavy (non-hydrogen) atoms. The second kappa shape index (κ2) is 6.85. The van der Waals surface area contributed by atoms with Crippen LogP contribution >= 0.6 is 0 Å². The van der Waals surface area contributed by atoms with Gasteiger partial charge in [0.25, 0.3) is 0 Å². The van der Waals surface area contributed by atoms with Gasteiger partial charge in [-0.05, 0) is 51.1 Å². The Labute approximate surface area is 155 Å². The molecule has 1 aromatic carbocycles. The maximum absolute atomic E-state index is 5.93. The highest BCUT2D eigenvalue weighted by Crippen LogP contribution is 2.32. The summed E-state index contributed by atoms with van der Waals surface area (Å²) in [6.07, 6.45) is 0.992. The van der Waals surface area contributed by atoms with Crippen LogP contribution in [0.5, 0.6) is 0 Å². The SMILES string of the molecule is Cc1cc(N)ccc1-c1nc2c(c(N3CCOCC3C)n1)CCN(C)C2. The number of nitrogens with two attached hydrogens (primary N) is 1. The number of nitrogen functional groups attached to an aromatic ring is 1. The first-order valence-electron chi connectivity index (χ1n) is 9.32. The van der Waals surface area contributed by atoms with Crippen molar-refractivity contribution in [2.75, 3.05) is 44.0 Å². The molecule has 0 bridgehead atoms. The van der Waals surface area contributed by atoms with Crippen molar-refractivity contribution in [2.45, 2.75) is 32.9 Å². The van der Waals surface area contributed by atoms with E-state index in [4.69, 9.17) is 20.4 Å². The van der Waals surface area contributed by atoms with Crippen LogP contribution in [0.15, 0.2) is 18.2 Å². The smallest absolute Gasteiger partial charge is 0.162 e. The Morgan fingerprint density at radius 2 is 2.08 bits per heavy atom. The van der Waals surface area contributed by atoms with E-state index in [0.717, 1.165) is 73.4 Å². The highest BCUT2D eigenvalue weighted by Gasteiger charge is 2.28. The summed E-state index contributed by atoms with van der Waals surface area (Å²) in [5, 5.41) is 0. The highest BCUT2D eigenvalue weighted by molar-refractivity contribution is 5.67. The Morgan fingerprint density at radius 3 is 2.85 bits per heavy atom. The van der Waals surface area contributed by atoms with Crippen LogP contribution in [-0.4, -0.2) is 54.3 Å². The van der Waals surface area contributed by atoms with E-state index in [-0.39, 0.29) is 0 Å². The molecule has 2 aliphatic heterocycles. The van der Waals surface area contributed by atoms with Crippen molar-refractivity contribution in [3.8, 4) is 11.4 Å². The first-order valence-corrected chi connectivity index (χ1v) is 9.32. The molecular formula is C20H27N5O. The van der Waals surface area contributed by atoms with E-state index in [1.54, 1.807) is 0 Å². The molecule has 0 aliphatic carbocycles. The van der Waals surface area contributed by atoms with E-state index < -0.39 is 0 Å². The van der Waals surface area contributed by atoms with Crippen LogP contribution in [0.1, 0.15) is 23.7 Å². The quantitative estimate of drug-likeness (QED) is 0.835. The van der Waals surface area contributed by atoms with Crippen molar-refractivity contribution < 1.29 is 4.74 Å². The van der Waals surface area contributed by atoms with Gasteiger partial charge in [0.1, 0.15) is 5.82 Å². The molecule has 2 N–H and O–H groups in total. The minimum atomic E-state index is 0.322. The Hall–Kier alpha value is -2.18. The lowest BCUT2D eigenvalue weighted by Crippen LogP contribution is -2.45. The highest BCUT2D eigenvalue weighted by atomic mass is 16.5. The molecule has 4 rings (SSSR count). The van der Waals surface area contributed by atoms with E-state index in [9.17, 15) is 0 Å². The number of likely N-dealkylation sites (N-methyl/N-ethyl adjacent to an activating group) is 1. The van der Waals surface area contributed by atoms with Gasteiger partial charge in [0.2, 0.25) is 0 Å². The topological polar surface area (TPSA) is 67.5 Å². The summed E-state index contributed by atoms with van der Waals surface area (Å²) in [5.41, 5.74) is 11.3. The number of aromatic nitrogens is 2. The zero-order valence-electron chi connectivity index (χ0n) is 15.8. The minimum absolute atomic E-state index is 0.322. The molecule has 0 radical (unpaired) electrons. The van der Waals surface area contributed by atoms with E-state index in [1.807, 2.05) is 18.2 Å².